The van der Waals surface area contributed by atoms with Crippen LogP contribution in [0.2, 0.25) is 0 Å². The number of carbonyl (C=O) groups is 1. The van der Waals surface area contributed by atoms with Gasteiger partial charge in [-0.15, -0.1) is 0 Å². The molecule has 0 aromatic heterocycles. The third-order valence-electron chi connectivity index (χ3n) is 3.86. The topological polar surface area (TPSA) is 29.5 Å². The molecule has 0 spiro atoms. The number of amides is 1. The van der Waals surface area contributed by atoms with Gasteiger partial charge in [0.15, 0.2) is 0 Å². The van der Waals surface area contributed by atoms with Crippen molar-refractivity contribution in [3.05, 3.63) is 59.7 Å². The fourth-order valence-corrected chi connectivity index (χ4v) is 3.00. The molecule has 20 heavy (non-hydrogen) atoms. The minimum absolute atomic E-state index is 0.0557. The van der Waals surface area contributed by atoms with Gasteiger partial charge in [0.05, 0.1) is 13.2 Å². The second-order valence-electron chi connectivity index (χ2n) is 4.83. The number of hydrogen-bond donors (Lipinski definition) is 0. The van der Waals surface area contributed by atoms with Gasteiger partial charge in [-0.05, 0) is 29.2 Å². The highest BCUT2D eigenvalue weighted by Gasteiger charge is 2.34. The lowest BCUT2D eigenvalue weighted by Gasteiger charge is -2.28. The van der Waals surface area contributed by atoms with Crippen LogP contribution < -0.4 is 0 Å². The SMILES string of the molecule is CCN(C(=O)OC)C1c2ccccc2-c2ccccc21. The van der Waals surface area contributed by atoms with Crippen LogP contribution in [0, 0.1) is 0 Å². The van der Waals surface area contributed by atoms with Crippen LogP contribution in [-0.2, 0) is 4.74 Å². The molecule has 0 atom stereocenters. The average Bonchev–Trinajstić information content (AvgIpc) is 2.83. The number of hydrogen-bond acceptors (Lipinski definition) is 2. The lowest BCUT2D eigenvalue weighted by Crippen LogP contribution is -2.34. The molecule has 3 rings (SSSR count). The van der Waals surface area contributed by atoms with Crippen LogP contribution in [0.3, 0.4) is 0 Å². The predicted molar refractivity (Wildman–Crippen MR) is 78.5 cm³/mol. The number of nitrogens with zero attached hydrogens (tertiary/aromatic N) is 1. The standard InChI is InChI=1S/C17H17NO2/c1-3-18(17(19)20-2)16-14-10-6-4-8-12(14)13-9-5-7-11-15(13)16/h4-11,16H,3H2,1-2H3. The summed E-state index contributed by atoms with van der Waals surface area (Å²) < 4.78 is 4.93. The summed E-state index contributed by atoms with van der Waals surface area (Å²) in [6.45, 7) is 2.58. The number of methoxy groups -OCH3 is 1. The summed E-state index contributed by atoms with van der Waals surface area (Å²) in [5.74, 6) is 0. The van der Waals surface area contributed by atoms with Gasteiger partial charge in [0, 0.05) is 6.54 Å². The van der Waals surface area contributed by atoms with Gasteiger partial charge in [-0.3, -0.25) is 4.90 Å². The molecular formula is C17H17NO2. The fraction of sp³-hybridized carbons (Fsp3) is 0.235. The molecule has 0 N–H and O–H groups in total. The number of ether oxygens (including phenoxy) is 1. The Hall–Kier alpha value is -2.29. The van der Waals surface area contributed by atoms with Gasteiger partial charge in [-0.25, -0.2) is 4.79 Å². The molecule has 0 saturated heterocycles. The molecule has 0 unspecified atom stereocenters. The monoisotopic (exact) mass is 267 g/mol. The van der Waals surface area contributed by atoms with Crippen LogP contribution in [-0.4, -0.2) is 24.6 Å². The van der Waals surface area contributed by atoms with Crippen molar-refractivity contribution >= 4 is 6.09 Å². The maximum Gasteiger partial charge on any atom is 0.410 e. The molecule has 0 aliphatic heterocycles. The summed E-state index contributed by atoms with van der Waals surface area (Å²) in [7, 11) is 1.43. The Kier molecular flexibility index (Phi) is 3.18. The van der Waals surface area contributed by atoms with Crippen molar-refractivity contribution in [1.29, 1.82) is 0 Å². The van der Waals surface area contributed by atoms with E-state index in [0.717, 1.165) is 0 Å². The molecule has 0 heterocycles. The highest BCUT2D eigenvalue weighted by Crippen LogP contribution is 2.46. The van der Waals surface area contributed by atoms with Gasteiger partial charge in [-0.1, -0.05) is 48.5 Å². The van der Waals surface area contributed by atoms with Crippen molar-refractivity contribution in [3.63, 3.8) is 0 Å². The maximum atomic E-state index is 12.1. The van der Waals surface area contributed by atoms with Gasteiger partial charge < -0.3 is 4.74 Å². The van der Waals surface area contributed by atoms with Crippen molar-refractivity contribution in [2.75, 3.05) is 13.7 Å². The molecule has 3 heteroatoms. The van der Waals surface area contributed by atoms with E-state index in [2.05, 4.69) is 24.3 Å². The van der Waals surface area contributed by atoms with Crippen molar-refractivity contribution in [1.82, 2.24) is 4.90 Å². The second kappa shape index (κ2) is 5.00. The van der Waals surface area contributed by atoms with Gasteiger partial charge >= 0.3 is 6.09 Å². The summed E-state index contributed by atoms with van der Waals surface area (Å²) in [5.41, 5.74) is 4.74. The van der Waals surface area contributed by atoms with Gasteiger partial charge in [0.25, 0.3) is 0 Å². The van der Waals surface area contributed by atoms with Gasteiger partial charge in [0.2, 0.25) is 0 Å². The van der Waals surface area contributed by atoms with Crippen LogP contribution in [0.25, 0.3) is 11.1 Å². The molecule has 1 amide bonds. The Balaban J connectivity index is 2.18. The number of carbonyl (C=O) groups excluding carboxylic acids is 1. The Bertz CT molecular complexity index is 605. The third-order valence-corrected chi connectivity index (χ3v) is 3.86. The molecule has 102 valence electrons. The van der Waals surface area contributed by atoms with Gasteiger partial charge in [-0.2, -0.15) is 0 Å². The zero-order valence-corrected chi connectivity index (χ0v) is 11.7. The summed E-state index contributed by atoms with van der Waals surface area (Å²) in [5, 5.41) is 0. The summed E-state index contributed by atoms with van der Waals surface area (Å²) in [6.07, 6.45) is -0.288. The van der Waals surface area contributed by atoms with E-state index >= 15 is 0 Å². The maximum absolute atomic E-state index is 12.1. The van der Waals surface area contributed by atoms with E-state index in [1.807, 2.05) is 31.2 Å². The highest BCUT2D eigenvalue weighted by molar-refractivity contribution is 5.81. The average molecular weight is 267 g/mol. The largest absolute Gasteiger partial charge is 0.453 e. The zero-order valence-electron chi connectivity index (χ0n) is 11.7. The summed E-state index contributed by atoms with van der Waals surface area (Å²) >= 11 is 0. The molecule has 2 aromatic rings. The fourth-order valence-electron chi connectivity index (χ4n) is 3.00. The molecule has 0 fully saturated rings. The molecule has 1 aliphatic carbocycles. The number of rotatable bonds is 2. The Morgan fingerprint density at radius 2 is 1.55 bits per heavy atom. The van der Waals surface area contributed by atoms with Crippen LogP contribution in [0.4, 0.5) is 4.79 Å². The van der Waals surface area contributed by atoms with Crippen molar-refractivity contribution in [2.24, 2.45) is 0 Å². The van der Waals surface area contributed by atoms with E-state index < -0.39 is 0 Å². The number of benzene rings is 2. The number of fused-ring (bicyclic) bond motifs is 3. The molecule has 1 aliphatic rings. The molecule has 0 radical (unpaired) electrons. The van der Waals surface area contributed by atoms with E-state index in [1.54, 1.807) is 4.90 Å². The Labute approximate surface area is 118 Å². The summed E-state index contributed by atoms with van der Waals surface area (Å²) in [6, 6.07) is 16.4. The third kappa shape index (κ3) is 1.78. The predicted octanol–water partition coefficient (Wildman–Crippen LogP) is 3.84. The van der Waals surface area contributed by atoms with Crippen LogP contribution in [0.1, 0.15) is 24.1 Å². The first-order chi connectivity index (χ1) is 9.77. The summed E-state index contributed by atoms with van der Waals surface area (Å²) in [4.78, 5) is 13.8. The van der Waals surface area contributed by atoms with E-state index in [0.29, 0.717) is 6.54 Å². The first-order valence-electron chi connectivity index (χ1n) is 6.80. The Morgan fingerprint density at radius 3 is 2.00 bits per heavy atom. The van der Waals surface area contributed by atoms with Crippen LogP contribution >= 0.6 is 0 Å². The normalized spacial score (nSPS) is 12.7. The van der Waals surface area contributed by atoms with Crippen molar-refractivity contribution < 1.29 is 9.53 Å². The zero-order chi connectivity index (χ0) is 14.1. The van der Waals surface area contributed by atoms with Gasteiger partial charge in [0.1, 0.15) is 0 Å². The highest BCUT2D eigenvalue weighted by atomic mass is 16.5. The molecule has 0 saturated carbocycles. The van der Waals surface area contributed by atoms with Crippen molar-refractivity contribution in [2.45, 2.75) is 13.0 Å². The van der Waals surface area contributed by atoms with E-state index in [4.69, 9.17) is 4.74 Å². The molecular weight excluding hydrogens is 250 g/mol. The lowest BCUT2D eigenvalue weighted by molar-refractivity contribution is 0.115. The van der Waals surface area contributed by atoms with Crippen LogP contribution in [0.15, 0.2) is 48.5 Å². The minimum atomic E-state index is -0.288. The quantitative estimate of drug-likeness (QED) is 0.827. The van der Waals surface area contributed by atoms with Crippen molar-refractivity contribution in [3.8, 4) is 11.1 Å². The van der Waals surface area contributed by atoms with E-state index in [9.17, 15) is 4.79 Å². The first-order valence-corrected chi connectivity index (χ1v) is 6.80. The smallest absolute Gasteiger partial charge is 0.410 e. The Morgan fingerprint density at radius 1 is 1.05 bits per heavy atom. The lowest BCUT2D eigenvalue weighted by atomic mass is 10.0. The van der Waals surface area contributed by atoms with Crippen LogP contribution in [0.5, 0.6) is 0 Å². The minimum Gasteiger partial charge on any atom is -0.453 e. The van der Waals surface area contributed by atoms with E-state index in [1.165, 1.54) is 29.4 Å². The molecule has 2 aromatic carbocycles. The van der Waals surface area contributed by atoms with E-state index in [-0.39, 0.29) is 12.1 Å². The first kappa shape index (κ1) is 12.7. The molecule has 0 bridgehead atoms. The second-order valence-corrected chi connectivity index (χ2v) is 4.83. The molecule has 3 nitrogen and oxygen atoms in total.